The topological polar surface area (TPSA) is 58.2 Å². The average Bonchev–Trinajstić information content (AvgIpc) is 2.43. The number of imide groups is 1. The fraction of sp³-hybridized carbons (Fsp3) is 0.467. The van der Waals surface area contributed by atoms with Crippen LogP contribution in [-0.4, -0.2) is 29.9 Å². The van der Waals surface area contributed by atoms with Crippen molar-refractivity contribution in [2.24, 2.45) is 0 Å². The molecule has 0 bridgehead atoms. The van der Waals surface area contributed by atoms with Gasteiger partial charge in [0.2, 0.25) is 11.8 Å². The molecule has 0 saturated carbocycles. The van der Waals surface area contributed by atoms with Gasteiger partial charge in [0.1, 0.15) is 0 Å². The maximum Gasteiger partial charge on any atom is 0.227 e. The first kappa shape index (κ1) is 14.9. The van der Waals surface area contributed by atoms with Crippen LogP contribution in [0.1, 0.15) is 31.2 Å². The van der Waals surface area contributed by atoms with Gasteiger partial charge in [-0.15, -0.1) is 0 Å². The van der Waals surface area contributed by atoms with Crippen LogP contribution in [0.4, 0.5) is 5.69 Å². The zero-order valence-corrected chi connectivity index (χ0v) is 12.5. The first-order chi connectivity index (χ1) is 9.69. The molecule has 0 spiro atoms. The number of carbonyl (C=O) groups excluding carboxylic acids is 2. The van der Waals surface area contributed by atoms with Crippen LogP contribution in [-0.2, 0) is 9.59 Å². The van der Waals surface area contributed by atoms with Crippen LogP contribution in [0, 0.1) is 0 Å². The minimum atomic E-state index is -0.177. The van der Waals surface area contributed by atoms with E-state index in [1.165, 1.54) is 0 Å². The van der Waals surface area contributed by atoms with Crippen molar-refractivity contribution in [3.8, 4) is 0 Å². The van der Waals surface area contributed by atoms with Crippen molar-refractivity contribution in [2.75, 3.05) is 23.4 Å². The summed E-state index contributed by atoms with van der Waals surface area (Å²) >= 11 is 1.90. The minimum absolute atomic E-state index is 0.00279. The second-order valence-electron chi connectivity index (χ2n) is 4.83. The Balaban J connectivity index is 1.98. The monoisotopic (exact) mass is 292 g/mol. The summed E-state index contributed by atoms with van der Waals surface area (Å²) in [5, 5.41) is 5.72. The molecule has 1 aliphatic rings. The average molecular weight is 292 g/mol. The van der Waals surface area contributed by atoms with Gasteiger partial charge in [-0.1, -0.05) is 19.1 Å². The Bertz CT molecular complexity index is 475. The molecule has 1 heterocycles. The Morgan fingerprint density at radius 2 is 2.05 bits per heavy atom. The van der Waals surface area contributed by atoms with E-state index in [1.54, 1.807) is 0 Å². The lowest BCUT2D eigenvalue weighted by atomic mass is 9.89. The van der Waals surface area contributed by atoms with Crippen LogP contribution >= 0.6 is 11.8 Å². The maximum absolute atomic E-state index is 11.4. The fourth-order valence-electron chi connectivity index (χ4n) is 2.33. The number of anilines is 1. The van der Waals surface area contributed by atoms with E-state index in [-0.39, 0.29) is 17.7 Å². The molecule has 2 rings (SSSR count). The van der Waals surface area contributed by atoms with Gasteiger partial charge in [-0.3, -0.25) is 14.9 Å². The lowest BCUT2D eigenvalue weighted by Crippen LogP contribution is -2.37. The molecule has 1 aromatic rings. The predicted octanol–water partition coefficient (Wildman–Crippen LogP) is 2.37. The van der Waals surface area contributed by atoms with E-state index >= 15 is 0 Å². The van der Waals surface area contributed by atoms with Gasteiger partial charge in [-0.2, -0.15) is 11.8 Å². The molecule has 1 aliphatic heterocycles. The molecule has 1 aromatic carbocycles. The highest BCUT2D eigenvalue weighted by atomic mass is 32.2. The van der Waals surface area contributed by atoms with Crippen LogP contribution < -0.4 is 10.6 Å². The van der Waals surface area contributed by atoms with Crippen molar-refractivity contribution >= 4 is 29.3 Å². The molecule has 0 aliphatic carbocycles. The second kappa shape index (κ2) is 7.33. The molecule has 5 heteroatoms. The normalized spacial score (nSPS) is 16.1. The summed E-state index contributed by atoms with van der Waals surface area (Å²) in [6.07, 6.45) is 0.780. The van der Waals surface area contributed by atoms with Gasteiger partial charge >= 0.3 is 0 Å². The molecule has 20 heavy (non-hydrogen) atoms. The highest BCUT2D eigenvalue weighted by molar-refractivity contribution is 7.99. The van der Waals surface area contributed by atoms with Gasteiger partial charge in [0.25, 0.3) is 0 Å². The van der Waals surface area contributed by atoms with Gasteiger partial charge in [-0.25, -0.2) is 0 Å². The van der Waals surface area contributed by atoms with Crippen molar-refractivity contribution < 1.29 is 9.59 Å². The smallest absolute Gasteiger partial charge is 0.227 e. The molecule has 0 atom stereocenters. The molecule has 1 fully saturated rings. The van der Waals surface area contributed by atoms with E-state index in [4.69, 9.17) is 0 Å². The highest BCUT2D eigenvalue weighted by Gasteiger charge is 2.26. The van der Waals surface area contributed by atoms with Crippen LogP contribution in [0.5, 0.6) is 0 Å². The number of thioether (sulfide) groups is 1. The first-order valence-corrected chi connectivity index (χ1v) is 8.08. The highest BCUT2D eigenvalue weighted by Crippen LogP contribution is 2.27. The molecular weight excluding hydrogens is 272 g/mol. The van der Waals surface area contributed by atoms with Gasteiger partial charge in [0.15, 0.2) is 0 Å². The molecule has 2 amide bonds. The largest absolute Gasteiger partial charge is 0.384 e. The van der Waals surface area contributed by atoms with E-state index in [1.807, 2.05) is 36.0 Å². The van der Waals surface area contributed by atoms with E-state index < -0.39 is 0 Å². The Morgan fingerprint density at radius 3 is 2.75 bits per heavy atom. The maximum atomic E-state index is 11.4. The fourth-order valence-corrected chi connectivity index (χ4v) is 2.86. The lowest BCUT2D eigenvalue weighted by Gasteiger charge is -2.21. The molecule has 0 radical (unpaired) electrons. The van der Waals surface area contributed by atoms with Crippen molar-refractivity contribution in [3.63, 3.8) is 0 Å². The van der Waals surface area contributed by atoms with Crippen LogP contribution in [0.2, 0.25) is 0 Å². The first-order valence-electron chi connectivity index (χ1n) is 6.93. The minimum Gasteiger partial charge on any atom is -0.384 e. The summed E-state index contributed by atoms with van der Waals surface area (Å²) < 4.78 is 0. The molecule has 2 N–H and O–H groups in total. The van der Waals surface area contributed by atoms with Gasteiger partial charge in [0.05, 0.1) is 0 Å². The van der Waals surface area contributed by atoms with Crippen LogP contribution in [0.3, 0.4) is 0 Å². The Kier molecular flexibility index (Phi) is 5.47. The third kappa shape index (κ3) is 4.27. The Labute approximate surface area is 123 Å². The summed E-state index contributed by atoms with van der Waals surface area (Å²) in [5.41, 5.74) is 2.11. The summed E-state index contributed by atoms with van der Waals surface area (Å²) in [6.45, 7) is 3.07. The van der Waals surface area contributed by atoms with Gasteiger partial charge in [-0.05, 0) is 23.4 Å². The van der Waals surface area contributed by atoms with Crippen LogP contribution in [0.25, 0.3) is 0 Å². The van der Waals surface area contributed by atoms with Crippen molar-refractivity contribution in [1.29, 1.82) is 0 Å². The Morgan fingerprint density at radius 1 is 1.30 bits per heavy atom. The van der Waals surface area contributed by atoms with E-state index in [0.717, 1.165) is 29.3 Å². The number of carbonyl (C=O) groups is 2. The number of amides is 2. The summed E-state index contributed by atoms with van der Waals surface area (Å²) in [6, 6.07) is 8.03. The zero-order valence-electron chi connectivity index (χ0n) is 11.6. The van der Waals surface area contributed by atoms with Gasteiger partial charge < -0.3 is 5.32 Å². The SMILES string of the molecule is CCSCCNc1cccc(C2CC(=O)NC(=O)C2)c1. The molecule has 0 unspecified atom stereocenters. The predicted molar refractivity (Wildman–Crippen MR) is 83.1 cm³/mol. The number of rotatable bonds is 6. The Hall–Kier alpha value is -1.49. The molecule has 108 valence electrons. The molecular formula is C15H20N2O2S. The van der Waals surface area contributed by atoms with Crippen LogP contribution in [0.15, 0.2) is 24.3 Å². The third-order valence-corrected chi connectivity index (χ3v) is 4.18. The number of hydrogen-bond acceptors (Lipinski definition) is 4. The summed E-state index contributed by atoms with van der Waals surface area (Å²) in [4.78, 5) is 22.9. The molecule has 1 saturated heterocycles. The van der Waals surface area contributed by atoms with Crippen molar-refractivity contribution in [2.45, 2.75) is 25.7 Å². The van der Waals surface area contributed by atoms with E-state index in [2.05, 4.69) is 17.6 Å². The zero-order chi connectivity index (χ0) is 14.4. The number of hydrogen-bond donors (Lipinski definition) is 2. The van der Waals surface area contributed by atoms with Crippen molar-refractivity contribution in [3.05, 3.63) is 29.8 Å². The summed E-state index contributed by atoms with van der Waals surface area (Å²) in [5.74, 6) is 1.85. The van der Waals surface area contributed by atoms with Gasteiger partial charge in [0, 0.05) is 36.7 Å². The quantitative estimate of drug-likeness (QED) is 0.624. The van der Waals surface area contributed by atoms with Crippen molar-refractivity contribution in [1.82, 2.24) is 5.32 Å². The van der Waals surface area contributed by atoms with E-state index in [9.17, 15) is 9.59 Å². The standard InChI is InChI=1S/C15H20N2O2S/c1-2-20-7-6-16-13-5-3-4-11(8-13)12-9-14(18)17-15(19)10-12/h3-5,8,12,16H,2,6-7,9-10H2,1H3,(H,17,18,19). The number of piperidine rings is 1. The third-order valence-electron chi connectivity index (χ3n) is 3.28. The number of benzene rings is 1. The number of nitrogens with one attached hydrogen (secondary N) is 2. The molecule has 4 nitrogen and oxygen atoms in total. The molecule has 0 aromatic heterocycles. The van der Waals surface area contributed by atoms with E-state index in [0.29, 0.717) is 12.8 Å². The lowest BCUT2D eigenvalue weighted by molar-refractivity contribution is -0.133. The second-order valence-corrected chi connectivity index (χ2v) is 6.22. The summed E-state index contributed by atoms with van der Waals surface area (Å²) in [7, 11) is 0.